The summed E-state index contributed by atoms with van der Waals surface area (Å²) in [6.45, 7) is 13.0. The van der Waals surface area contributed by atoms with Crippen LogP contribution in [0.3, 0.4) is 0 Å². The van der Waals surface area contributed by atoms with Crippen LogP contribution in [0.2, 0.25) is 24.2 Å². The molecule has 1 N–H and O–H groups in total. The van der Waals surface area contributed by atoms with E-state index in [4.69, 9.17) is 19.2 Å². The Morgan fingerprint density at radius 3 is 2.38 bits per heavy atom. The van der Waals surface area contributed by atoms with E-state index in [1.54, 1.807) is 31.3 Å². The minimum absolute atomic E-state index is 0.355. The minimum atomic E-state index is -1.35. The molecule has 0 saturated carbocycles. The van der Waals surface area contributed by atoms with Crippen LogP contribution in [-0.2, 0) is 11.5 Å². The number of aromatic nitrogens is 5. The third-order valence-electron chi connectivity index (χ3n) is 7.08. The Hall–Kier alpha value is -3.50. The predicted molar refractivity (Wildman–Crippen MR) is 149 cm³/mol. The van der Waals surface area contributed by atoms with E-state index in [2.05, 4.69) is 54.2 Å². The third-order valence-corrected chi connectivity index (χ3v) is 12.6. The molecular formula is C27H36N6O3Si. The highest BCUT2D eigenvalue weighted by Gasteiger charge is 2.34. The highest BCUT2D eigenvalue weighted by Crippen LogP contribution is 2.38. The molecule has 4 aromatic rings. The Bertz CT molecular complexity index is 1340. The molecule has 1 aromatic carbocycles. The Kier molecular flexibility index (Phi) is 7.79. The molecule has 10 heteroatoms. The normalized spacial score (nSPS) is 12.1. The van der Waals surface area contributed by atoms with Gasteiger partial charge in [0.1, 0.15) is 29.6 Å². The topological polar surface area (TPSA) is 96.2 Å². The van der Waals surface area contributed by atoms with Gasteiger partial charge < -0.3 is 19.5 Å². The summed E-state index contributed by atoms with van der Waals surface area (Å²) in [6.07, 6.45) is 5.44. The highest BCUT2D eigenvalue weighted by molar-refractivity contribution is 6.80. The lowest BCUT2D eigenvalue weighted by Gasteiger charge is -2.36. The number of hydrogen-bond donors (Lipinski definition) is 1. The maximum absolute atomic E-state index is 5.94. The summed E-state index contributed by atoms with van der Waals surface area (Å²) in [6, 6.07) is 10.4. The molecule has 0 fully saturated rings. The molecule has 0 radical (unpaired) electrons. The number of hydrogen-bond acceptors (Lipinski definition) is 8. The molecule has 0 unspecified atom stereocenters. The van der Waals surface area contributed by atoms with Gasteiger partial charge >= 0.3 is 0 Å². The van der Waals surface area contributed by atoms with Crippen molar-refractivity contribution in [1.82, 2.24) is 24.7 Å². The quantitative estimate of drug-likeness (QED) is 0.197. The standard InChI is InChI=1S/C27H36N6O3Si/c1-27(2,3)37(6,7)11-10-36-18-33-17-19(15-29-33)24-16-28-23-8-9-25(32-26(23)31-24)30-20-12-21(34-4)14-22(13-20)35-5/h8-9,12-17H,10-11,18H2,1-7H3,(H,30,31,32). The first-order chi connectivity index (χ1) is 17.6. The summed E-state index contributed by atoms with van der Waals surface area (Å²) in [5.74, 6) is 2.01. The highest BCUT2D eigenvalue weighted by atomic mass is 28.3. The number of ether oxygens (including phenoxy) is 3. The van der Waals surface area contributed by atoms with Crippen molar-refractivity contribution < 1.29 is 14.2 Å². The minimum Gasteiger partial charge on any atom is -0.497 e. The summed E-state index contributed by atoms with van der Waals surface area (Å²) in [4.78, 5) is 13.9. The number of anilines is 2. The van der Waals surface area contributed by atoms with Gasteiger partial charge in [-0.2, -0.15) is 5.10 Å². The smallest absolute Gasteiger partial charge is 0.180 e. The molecule has 37 heavy (non-hydrogen) atoms. The number of methoxy groups -OCH3 is 2. The van der Waals surface area contributed by atoms with Gasteiger partial charge in [-0.05, 0) is 23.2 Å². The maximum atomic E-state index is 5.94. The molecule has 196 valence electrons. The van der Waals surface area contributed by atoms with Gasteiger partial charge in [-0.15, -0.1) is 0 Å². The molecule has 3 aromatic heterocycles. The Labute approximate surface area is 219 Å². The largest absolute Gasteiger partial charge is 0.497 e. The summed E-state index contributed by atoms with van der Waals surface area (Å²) < 4.78 is 18.4. The van der Waals surface area contributed by atoms with Gasteiger partial charge in [-0.1, -0.05) is 33.9 Å². The zero-order valence-corrected chi connectivity index (χ0v) is 23.7. The third kappa shape index (κ3) is 6.44. The lowest BCUT2D eigenvalue weighted by molar-refractivity contribution is 0.0782. The second-order valence-corrected chi connectivity index (χ2v) is 16.5. The van der Waals surface area contributed by atoms with E-state index in [1.165, 1.54) is 0 Å². The van der Waals surface area contributed by atoms with Crippen molar-refractivity contribution in [3.63, 3.8) is 0 Å². The SMILES string of the molecule is COc1cc(Nc2ccc3ncc(-c4cnn(COCC[Si](C)(C)C(C)(C)C)c4)nc3n2)cc(OC)c1. The number of benzene rings is 1. The maximum Gasteiger partial charge on any atom is 0.180 e. The van der Waals surface area contributed by atoms with Crippen molar-refractivity contribution in [3.05, 3.63) is 48.9 Å². The molecule has 3 heterocycles. The molecular weight excluding hydrogens is 484 g/mol. The molecule has 0 saturated heterocycles. The average molecular weight is 521 g/mol. The fourth-order valence-electron chi connectivity index (χ4n) is 3.56. The van der Waals surface area contributed by atoms with Crippen molar-refractivity contribution in [2.45, 2.75) is 51.7 Å². The van der Waals surface area contributed by atoms with Crippen LogP contribution in [0.15, 0.2) is 48.9 Å². The van der Waals surface area contributed by atoms with Crippen molar-refractivity contribution in [3.8, 4) is 22.8 Å². The molecule has 0 spiro atoms. The first-order valence-electron chi connectivity index (χ1n) is 12.3. The van der Waals surface area contributed by atoms with Crippen molar-refractivity contribution >= 4 is 30.7 Å². The Balaban J connectivity index is 1.45. The second kappa shape index (κ2) is 10.9. The van der Waals surface area contributed by atoms with Crippen molar-refractivity contribution in [2.24, 2.45) is 0 Å². The van der Waals surface area contributed by atoms with Crippen molar-refractivity contribution in [1.29, 1.82) is 0 Å². The predicted octanol–water partition coefficient (Wildman–Crippen LogP) is 6.13. The van der Waals surface area contributed by atoms with Crippen molar-refractivity contribution in [2.75, 3.05) is 26.1 Å². The molecule has 0 amide bonds. The number of rotatable bonds is 10. The number of fused-ring (bicyclic) bond motifs is 1. The van der Waals surface area contributed by atoms with E-state index in [1.807, 2.05) is 36.5 Å². The fraction of sp³-hybridized carbons (Fsp3) is 0.407. The van der Waals surface area contributed by atoms with Crippen LogP contribution in [-0.4, -0.2) is 53.6 Å². The van der Waals surface area contributed by atoms with Crippen LogP contribution < -0.4 is 14.8 Å². The van der Waals surface area contributed by atoms with Crippen LogP contribution in [0.4, 0.5) is 11.5 Å². The van der Waals surface area contributed by atoms with Crippen LogP contribution in [0.5, 0.6) is 11.5 Å². The number of pyridine rings is 1. The molecule has 4 rings (SSSR count). The molecule has 0 aliphatic carbocycles. The summed E-state index contributed by atoms with van der Waals surface area (Å²) >= 11 is 0. The van der Waals surface area contributed by atoms with E-state index in [9.17, 15) is 0 Å². The zero-order valence-electron chi connectivity index (χ0n) is 22.7. The van der Waals surface area contributed by atoms with E-state index >= 15 is 0 Å². The van der Waals surface area contributed by atoms with Gasteiger partial charge in [0.05, 0.1) is 40.4 Å². The van der Waals surface area contributed by atoms with Gasteiger partial charge in [-0.25, -0.2) is 14.6 Å². The molecule has 0 aliphatic rings. The fourth-order valence-corrected chi connectivity index (χ4v) is 4.97. The van der Waals surface area contributed by atoms with Crippen LogP contribution in [0, 0.1) is 0 Å². The van der Waals surface area contributed by atoms with Gasteiger partial charge in [0, 0.05) is 42.3 Å². The lowest BCUT2D eigenvalue weighted by Crippen LogP contribution is -2.38. The van der Waals surface area contributed by atoms with E-state index in [0.717, 1.165) is 23.9 Å². The first-order valence-corrected chi connectivity index (χ1v) is 15.5. The second-order valence-electron chi connectivity index (χ2n) is 10.7. The average Bonchev–Trinajstić information content (AvgIpc) is 3.34. The Morgan fingerprint density at radius 1 is 0.973 bits per heavy atom. The Morgan fingerprint density at radius 2 is 1.70 bits per heavy atom. The van der Waals surface area contributed by atoms with Gasteiger partial charge in [0.2, 0.25) is 0 Å². The molecule has 0 aliphatic heterocycles. The monoisotopic (exact) mass is 520 g/mol. The summed E-state index contributed by atoms with van der Waals surface area (Å²) in [5.41, 5.74) is 3.60. The first kappa shape index (κ1) is 26.6. The van der Waals surface area contributed by atoms with Crippen LogP contribution >= 0.6 is 0 Å². The van der Waals surface area contributed by atoms with Crippen LogP contribution in [0.25, 0.3) is 22.4 Å². The number of nitrogens with zero attached hydrogens (tertiary/aromatic N) is 5. The molecule has 0 bridgehead atoms. The number of nitrogens with one attached hydrogen (secondary N) is 1. The van der Waals surface area contributed by atoms with Gasteiger partial charge in [0.25, 0.3) is 0 Å². The zero-order chi connectivity index (χ0) is 26.6. The molecule has 0 atom stereocenters. The van der Waals surface area contributed by atoms with Gasteiger partial charge in [-0.3, -0.25) is 4.98 Å². The summed E-state index contributed by atoms with van der Waals surface area (Å²) in [5, 5.41) is 8.08. The lowest BCUT2D eigenvalue weighted by atomic mass is 10.2. The molecule has 9 nitrogen and oxygen atoms in total. The summed E-state index contributed by atoms with van der Waals surface area (Å²) in [7, 11) is 1.88. The van der Waals surface area contributed by atoms with E-state index in [0.29, 0.717) is 45.9 Å². The van der Waals surface area contributed by atoms with Gasteiger partial charge in [0.15, 0.2) is 5.65 Å². The van der Waals surface area contributed by atoms with E-state index in [-0.39, 0.29) is 0 Å². The van der Waals surface area contributed by atoms with E-state index < -0.39 is 8.07 Å². The van der Waals surface area contributed by atoms with Crippen LogP contribution in [0.1, 0.15) is 20.8 Å².